The Balaban J connectivity index is 1.71. The first-order valence-corrected chi connectivity index (χ1v) is 8.96. The summed E-state index contributed by atoms with van der Waals surface area (Å²) in [5.41, 5.74) is 0.641. The quantitative estimate of drug-likeness (QED) is 0.361. The number of nitro benzene ring substituents is 1. The zero-order valence-electron chi connectivity index (χ0n) is 15.7. The van der Waals surface area contributed by atoms with Crippen LogP contribution in [0.5, 0.6) is 0 Å². The van der Waals surface area contributed by atoms with Crippen LogP contribution in [0.25, 0.3) is 0 Å². The minimum atomic E-state index is -0.841. The lowest BCUT2D eigenvalue weighted by molar-refractivity contribution is -0.384. The number of nitro groups is 1. The number of nitrogens with one attached hydrogen (secondary N) is 1. The molecule has 1 amide bonds. The molecule has 0 spiro atoms. The van der Waals surface area contributed by atoms with E-state index < -0.39 is 35.1 Å². The Kier molecular flexibility index (Phi) is 6.49. The minimum absolute atomic E-state index is 0.368. The van der Waals surface area contributed by atoms with Crippen molar-refractivity contribution in [3.05, 3.63) is 106 Å². The number of hydrogen-bond donors (Lipinski definition) is 1. The Morgan fingerprint density at radius 2 is 1.53 bits per heavy atom. The van der Waals surface area contributed by atoms with Gasteiger partial charge in [0, 0.05) is 12.1 Å². The van der Waals surface area contributed by atoms with Crippen molar-refractivity contribution in [1.29, 1.82) is 0 Å². The molecule has 0 heterocycles. The molecule has 3 aromatic carbocycles. The summed E-state index contributed by atoms with van der Waals surface area (Å²) in [6, 6.07) is 20.6. The van der Waals surface area contributed by atoms with Crippen LogP contribution in [0.1, 0.15) is 17.0 Å². The first-order chi connectivity index (χ1) is 14.5. The Bertz CT molecular complexity index is 1020. The van der Waals surface area contributed by atoms with Gasteiger partial charge in [0.1, 0.15) is 11.7 Å². The van der Waals surface area contributed by atoms with Crippen LogP contribution >= 0.6 is 0 Å². The van der Waals surface area contributed by atoms with E-state index in [9.17, 15) is 24.1 Å². The van der Waals surface area contributed by atoms with Gasteiger partial charge in [0.15, 0.2) is 6.61 Å². The molecule has 0 aliphatic heterocycles. The molecule has 30 heavy (non-hydrogen) atoms. The molecule has 0 aromatic heterocycles. The van der Waals surface area contributed by atoms with Gasteiger partial charge in [-0.2, -0.15) is 0 Å². The van der Waals surface area contributed by atoms with Crippen LogP contribution < -0.4 is 5.32 Å². The molecule has 3 rings (SSSR count). The summed E-state index contributed by atoms with van der Waals surface area (Å²) in [5.74, 6) is -3.05. The Hall–Kier alpha value is -4.07. The predicted octanol–water partition coefficient (Wildman–Crippen LogP) is 4.05. The summed E-state index contributed by atoms with van der Waals surface area (Å²) in [7, 11) is 0. The number of carbonyl (C=O) groups excluding carboxylic acids is 2. The van der Waals surface area contributed by atoms with E-state index >= 15 is 0 Å². The Morgan fingerprint density at radius 1 is 0.967 bits per heavy atom. The van der Waals surface area contributed by atoms with Crippen LogP contribution in [0.3, 0.4) is 0 Å². The molecule has 0 aliphatic rings. The fourth-order valence-electron chi connectivity index (χ4n) is 2.88. The molecule has 152 valence electrons. The molecule has 0 bridgehead atoms. The average molecular weight is 408 g/mol. The molecule has 0 saturated heterocycles. The fraction of sp³-hybridized carbons (Fsp3) is 0.0909. The largest absolute Gasteiger partial charge is 0.455 e. The van der Waals surface area contributed by atoms with Crippen LogP contribution in [0.4, 0.5) is 15.8 Å². The number of ether oxygens (including phenoxy) is 1. The van der Waals surface area contributed by atoms with E-state index in [-0.39, 0.29) is 11.4 Å². The van der Waals surface area contributed by atoms with Crippen LogP contribution in [0.15, 0.2) is 78.9 Å². The van der Waals surface area contributed by atoms with Gasteiger partial charge in [-0.3, -0.25) is 19.7 Å². The fourth-order valence-corrected chi connectivity index (χ4v) is 2.88. The third kappa shape index (κ3) is 5.05. The second-order valence-corrected chi connectivity index (χ2v) is 6.33. The maximum Gasteiger partial charge on any atom is 0.318 e. The van der Waals surface area contributed by atoms with Crippen molar-refractivity contribution in [3.63, 3.8) is 0 Å². The molecule has 0 atom stereocenters. The lowest BCUT2D eigenvalue weighted by atomic mass is 9.91. The highest BCUT2D eigenvalue weighted by Crippen LogP contribution is 2.26. The van der Waals surface area contributed by atoms with Gasteiger partial charge in [0.2, 0.25) is 0 Å². The summed E-state index contributed by atoms with van der Waals surface area (Å²) in [6.07, 6.45) is 0. The summed E-state index contributed by atoms with van der Waals surface area (Å²) in [4.78, 5) is 35.0. The van der Waals surface area contributed by atoms with Crippen LogP contribution in [0, 0.1) is 15.9 Å². The van der Waals surface area contributed by atoms with E-state index in [4.69, 9.17) is 4.74 Å². The van der Waals surface area contributed by atoms with Crippen LogP contribution in [-0.4, -0.2) is 23.4 Å². The first kappa shape index (κ1) is 20.7. The van der Waals surface area contributed by atoms with Crippen molar-refractivity contribution in [2.75, 3.05) is 11.9 Å². The molecule has 8 heteroatoms. The van der Waals surface area contributed by atoms with E-state index in [1.165, 1.54) is 0 Å². The van der Waals surface area contributed by atoms with Crippen molar-refractivity contribution in [1.82, 2.24) is 0 Å². The Labute approximate surface area is 171 Å². The summed E-state index contributed by atoms with van der Waals surface area (Å²) in [5, 5.41) is 13.0. The SMILES string of the molecule is O=C(COC(=O)C(c1ccccc1)c1ccccc1)Nc1cc([N+](=O)[O-])ccc1F. The molecule has 3 aromatic rings. The van der Waals surface area contributed by atoms with Gasteiger partial charge in [-0.1, -0.05) is 60.7 Å². The highest BCUT2D eigenvalue weighted by molar-refractivity contribution is 5.94. The van der Waals surface area contributed by atoms with Crippen LogP contribution in [-0.2, 0) is 14.3 Å². The standard InChI is InChI=1S/C22H17FN2O5/c23-18-12-11-17(25(28)29)13-19(18)24-20(26)14-30-22(27)21(15-7-3-1-4-8-15)16-9-5-2-6-10-16/h1-13,21H,14H2,(H,24,26). The van der Waals surface area contributed by atoms with Crippen LogP contribution in [0.2, 0.25) is 0 Å². The number of nitrogens with zero attached hydrogens (tertiary/aromatic N) is 1. The highest BCUT2D eigenvalue weighted by Gasteiger charge is 2.25. The Morgan fingerprint density at radius 3 is 2.07 bits per heavy atom. The van der Waals surface area contributed by atoms with Crippen molar-refractivity contribution in [3.8, 4) is 0 Å². The van der Waals surface area contributed by atoms with Crippen molar-refractivity contribution >= 4 is 23.3 Å². The molecule has 0 saturated carbocycles. The van der Waals surface area contributed by atoms with E-state index in [0.29, 0.717) is 11.1 Å². The second kappa shape index (κ2) is 9.42. The number of halogens is 1. The third-order valence-corrected chi connectivity index (χ3v) is 4.28. The third-order valence-electron chi connectivity index (χ3n) is 4.28. The maximum atomic E-state index is 13.8. The topological polar surface area (TPSA) is 98.5 Å². The first-order valence-electron chi connectivity index (χ1n) is 8.96. The van der Waals surface area contributed by atoms with Gasteiger partial charge in [0.25, 0.3) is 11.6 Å². The number of carbonyl (C=O) groups is 2. The van der Waals surface area contributed by atoms with Gasteiger partial charge in [-0.05, 0) is 17.2 Å². The number of esters is 1. The number of anilines is 1. The predicted molar refractivity (Wildman–Crippen MR) is 107 cm³/mol. The lowest BCUT2D eigenvalue weighted by Crippen LogP contribution is -2.25. The molecular weight excluding hydrogens is 391 g/mol. The molecular formula is C22H17FN2O5. The minimum Gasteiger partial charge on any atom is -0.455 e. The summed E-state index contributed by atoms with van der Waals surface area (Å²) >= 11 is 0. The molecule has 7 nitrogen and oxygen atoms in total. The van der Waals surface area contributed by atoms with Gasteiger partial charge < -0.3 is 10.1 Å². The number of benzene rings is 3. The number of non-ortho nitro benzene ring substituents is 1. The summed E-state index contributed by atoms with van der Waals surface area (Å²) in [6.45, 7) is -0.670. The van der Waals surface area contributed by atoms with Gasteiger partial charge >= 0.3 is 5.97 Å². The van der Waals surface area contributed by atoms with Gasteiger partial charge in [-0.15, -0.1) is 0 Å². The molecule has 0 fully saturated rings. The zero-order valence-corrected chi connectivity index (χ0v) is 15.7. The number of hydrogen-bond acceptors (Lipinski definition) is 5. The normalized spacial score (nSPS) is 10.5. The molecule has 1 N–H and O–H groups in total. The van der Waals surface area contributed by atoms with E-state index in [0.717, 1.165) is 18.2 Å². The smallest absolute Gasteiger partial charge is 0.318 e. The zero-order chi connectivity index (χ0) is 21.5. The average Bonchev–Trinajstić information content (AvgIpc) is 2.75. The van der Waals surface area contributed by atoms with Crippen molar-refractivity contribution in [2.24, 2.45) is 0 Å². The van der Waals surface area contributed by atoms with Crippen molar-refractivity contribution < 1.29 is 23.6 Å². The van der Waals surface area contributed by atoms with E-state index in [2.05, 4.69) is 5.32 Å². The van der Waals surface area contributed by atoms with Gasteiger partial charge in [0.05, 0.1) is 10.6 Å². The van der Waals surface area contributed by atoms with Gasteiger partial charge in [-0.25, -0.2) is 4.39 Å². The lowest BCUT2D eigenvalue weighted by Gasteiger charge is -2.17. The molecule has 0 unspecified atom stereocenters. The maximum absolute atomic E-state index is 13.8. The number of amides is 1. The second-order valence-electron chi connectivity index (χ2n) is 6.33. The molecule has 0 radical (unpaired) electrons. The van der Waals surface area contributed by atoms with Crippen molar-refractivity contribution in [2.45, 2.75) is 5.92 Å². The molecule has 0 aliphatic carbocycles. The monoisotopic (exact) mass is 408 g/mol. The van der Waals surface area contributed by atoms with E-state index in [1.807, 2.05) is 12.1 Å². The van der Waals surface area contributed by atoms with E-state index in [1.54, 1.807) is 48.5 Å². The summed E-state index contributed by atoms with van der Waals surface area (Å²) < 4.78 is 19.0. The highest BCUT2D eigenvalue weighted by atomic mass is 19.1. The number of rotatable bonds is 7.